The van der Waals surface area contributed by atoms with Crippen LogP contribution in [-0.4, -0.2) is 62.0 Å². The van der Waals surface area contributed by atoms with Gasteiger partial charge in [0, 0.05) is 6.54 Å². The van der Waals surface area contributed by atoms with Crippen LogP contribution in [0.5, 0.6) is 0 Å². The fraction of sp³-hybridized carbons (Fsp3) is 0.947. The van der Waals surface area contributed by atoms with Gasteiger partial charge in [0.1, 0.15) is 0 Å². The number of nitrogens with one attached hydrogen (secondary N) is 1. The molecule has 134 valence electrons. The highest BCUT2D eigenvalue weighted by atomic mass is 16.2. The average molecular weight is 324 g/mol. The lowest BCUT2D eigenvalue weighted by molar-refractivity contribution is -0.126. The van der Waals surface area contributed by atoms with Crippen molar-refractivity contribution in [1.29, 1.82) is 0 Å². The lowest BCUT2D eigenvalue weighted by Gasteiger charge is -2.36. The molecule has 0 bridgehead atoms. The van der Waals surface area contributed by atoms with Crippen LogP contribution in [-0.2, 0) is 4.79 Å². The maximum Gasteiger partial charge on any atom is 0.237 e. The molecule has 2 fully saturated rings. The second-order valence-corrected chi connectivity index (χ2v) is 8.00. The van der Waals surface area contributed by atoms with E-state index < -0.39 is 0 Å². The molecule has 0 aromatic heterocycles. The molecule has 1 N–H and O–H groups in total. The van der Waals surface area contributed by atoms with Crippen molar-refractivity contribution in [2.75, 3.05) is 40.3 Å². The van der Waals surface area contributed by atoms with Crippen LogP contribution < -0.4 is 5.32 Å². The summed E-state index contributed by atoms with van der Waals surface area (Å²) in [5.41, 5.74) is 0. The Labute approximate surface area is 143 Å². The molecule has 23 heavy (non-hydrogen) atoms. The van der Waals surface area contributed by atoms with E-state index in [4.69, 9.17) is 0 Å². The first kappa shape index (κ1) is 18.7. The van der Waals surface area contributed by atoms with Gasteiger partial charge in [-0.2, -0.15) is 0 Å². The smallest absolute Gasteiger partial charge is 0.237 e. The molecule has 1 saturated carbocycles. The molecule has 1 atom stereocenters. The minimum Gasteiger partial charge on any atom is -0.354 e. The molecule has 0 radical (unpaired) electrons. The van der Waals surface area contributed by atoms with Gasteiger partial charge in [0.05, 0.1) is 6.04 Å². The van der Waals surface area contributed by atoms with Gasteiger partial charge in [0.25, 0.3) is 0 Å². The monoisotopic (exact) mass is 323 g/mol. The molecule has 1 aliphatic carbocycles. The Kier molecular flexibility index (Phi) is 7.84. The number of carbonyl (C=O) groups is 1. The lowest BCUT2D eigenvalue weighted by Crippen LogP contribution is -2.49. The largest absolute Gasteiger partial charge is 0.354 e. The van der Waals surface area contributed by atoms with Gasteiger partial charge >= 0.3 is 0 Å². The minimum absolute atomic E-state index is 0.0355. The summed E-state index contributed by atoms with van der Waals surface area (Å²) in [5, 5.41) is 3.21. The first-order valence-electron chi connectivity index (χ1n) is 9.72. The Morgan fingerprint density at radius 3 is 2.35 bits per heavy atom. The second kappa shape index (κ2) is 9.63. The number of hydrogen-bond acceptors (Lipinski definition) is 3. The summed E-state index contributed by atoms with van der Waals surface area (Å²) in [6.45, 7) is 6.31. The number of rotatable bonds is 7. The van der Waals surface area contributed by atoms with Crippen molar-refractivity contribution in [3.8, 4) is 0 Å². The second-order valence-electron chi connectivity index (χ2n) is 8.00. The molecule has 1 aliphatic heterocycles. The zero-order valence-electron chi connectivity index (χ0n) is 15.5. The zero-order valence-corrected chi connectivity index (χ0v) is 15.5. The first-order chi connectivity index (χ1) is 11.1. The molecule has 4 heteroatoms. The van der Waals surface area contributed by atoms with E-state index in [0.29, 0.717) is 0 Å². The molecule has 2 aliphatic rings. The Morgan fingerprint density at radius 1 is 1.09 bits per heavy atom. The number of amides is 1. The summed E-state index contributed by atoms with van der Waals surface area (Å²) in [7, 11) is 4.29. The van der Waals surface area contributed by atoms with Gasteiger partial charge in [-0.15, -0.1) is 0 Å². The van der Waals surface area contributed by atoms with E-state index >= 15 is 0 Å². The lowest BCUT2D eigenvalue weighted by atomic mass is 9.89. The van der Waals surface area contributed by atoms with Crippen molar-refractivity contribution in [3.05, 3.63) is 0 Å². The summed E-state index contributed by atoms with van der Waals surface area (Å²) < 4.78 is 0. The highest BCUT2D eigenvalue weighted by Gasteiger charge is 2.26. The maximum absolute atomic E-state index is 12.4. The van der Waals surface area contributed by atoms with Crippen LogP contribution in [0.3, 0.4) is 0 Å². The molecular formula is C19H37N3O. The van der Waals surface area contributed by atoms with Crippen LogP contribution in [0.25, 0.3) is 0 Å². The van der Waals surface area contributed by atoms with E-state index in [2.05, 4.69) is 36.1 Å². The van der Waals surface area contributed by atoms with E-state index in [0.717, 1.165) is 31.5 Å². The Bertz CT molecular complexity index is 345. The quantitative estimate of drug-likeness (QED) is 0.782. The zero-order chi connectivity index (χ0) is 16.7. The fourth-order valence-electron chi connectivity index (χ4n) is 4.02. The summed E-state index contributed by atoms with van der Waals surface area (Å²) in [6.07, 6.45) is 10.4. The van der Waals surface area contributed by atoms with Crippen LogP contribution >= 0.6 is 0 Å². The third-order valence-electron chi connectivity index (χ3n) is 5.85. The third-order valence-corrected chi connectivity index (χ3v) is 5.85. The minimum atomic E-state index is 0.0355. The number of piperidine rings is 1. The van der Waals surface area contributed by atoms with Crippen LogP contribution in [0.4, 0.5) is 0 Å². The van der Waals surface area contributed by atoms with E-state index in [-0.39, 0.29) is 11.9 Å². The van der Waals surface area contributed by atoms with E-state index in [1.807, 2.05) is 0 Å². The van der Waals surface area contributed by atoms with Crippen molar-refractivity contribution in [2.24, 2.45) is 11.8 Å². The molecule has 1 unspecified atom stereocenters. The number of hydrogen-bond donors (Lipinski definition) is 1. The van der Waals surface area contributed by atoms with Crippen molar-refractivity contribution >= 4 is 5.91 Å². The topological polar surface area (TPSA) is 35.6 Å². The molecule has 2 rings (SSSR count). The predicted molar refractivity (Wildman–Crippen MR) is 96.5 cm³/mol. The summed E-state index contributed by atoms with van der Waals surface area (Å²) in [4.78, 5) is 17.1. The van der Waals surface area contributed by atoms with Gasteiger partial charge in [-0.25, -0.2) is 0 Å². The molecule has 1 heterocycles. The first-order valence-corrected chi connectivity index (χ1v) is 9.72. The Hall–Kier alpha value is -0.610. The summed E-state index contributed by atoms with van der Waals surface area (Å²) in [6, 6.07) is 0.0355. The maximum atomic E-state index is 12.4. The normalized spacial score (nSPS) is 23.1. The highest BCUT2D eigenvalue weighted by Crippen LogP contribution is 2.24. The van der Waals surface area contributed by atoms with Gasteiger partial charge in [0.15, 0.2) is 0 Å². The van der Waals surface area contributed by atoms with E-state index in [1.54, 1.807) is 0 Å². The Morgan fingerprint density at radius 2 is 1.74 bits per heavy atom. The van der Waals surface area contributed by atoms with Gasteiger partial charge in [-0.1, -0.05) is 19.3 Å². The number of carbonyl (C=O) groups excluding carboxylic acids is 1. The predicted octanol–water partition coefficient (Wildman–Crippen LogP) is 2.74. The molecule has 1 amide bonds. The summed E-state index contributed by atoms with van der Waals surface area (Å²) in [5.74, 6) is 1.80. The van der Waals surface area contributed by atoms with Gasteiger partial charge in [0.2, 0.25) is 5.91 Å². The van der Waals surface area contributed by atoms with Crippen molar-refractivity contribution in [3.63, 3.8) is 0 Å². The van der Waals surface area contributed by atoms with Crippen LogP contribution in [0, 0.1) is 11.8 Å². The van der Waals surface area contributed by atoms with Crippen molar-refractivity contribution in [1.82, 2.24) is 15.1 Å². The standard InChI is InChI=1S/C19H37N3O/c1-16(19(23)20-15-18-7-5-4-6-8-18)22-13-10-17(11-14-22)9-12-21(2)3/h16-18H,4-15H2,1-3H3,(H,20,23). The number of nitrogens with zero attached hydrogens (tertiary/aromatic N) is 2. The average Bonchev–Trinajstić information content (AvgIpc) is 2.58. The van der Waals surface area contributed by atoms with Crippen LogP contribution in [0.2, 0.25) is 0 Å². The van der Waals surface area contributed by atoms with Crippen LogP contribution in [0.1, 0.15) is 58.3 Å². The van der Waals surface area contributed by atoms with E-state index in [1.165, 1.54) is 57.9 Å². The van der Waals surface area contributed by atoms with E-state index in [9.17, 15) is 4.79 Å². The third kappa shape index (κ3) is 6.42. The summed E-state index contributed by atoms with van der Waals surface area (Å²) >= 11 is 0. The fourth-order valence-corrected chi connectivity index (χ4v) is 4.02. The van der Waals surface area contributed by atoms with Gasteiger partial charge < -0.3 is 10.2 Å². The molecule has 0 aromatic carbocycles. The highest BCUT2D eigenvalue weighted by molar-refractivity contribution is 5.81. The molecule has 0 spiro atoms. The molecule has 1 saturated heterocycles. The van der Waals surface area contributed by atoms with Crippen molar-refractivity contribution < 1.29 is 4.79 Å². The SMILES string of the molecule is CC(C(=O)NCC1CCCCC1)N1CCC(CCN(C)C)CC1. The van der Waals surface area contributed by atoms with Crippen molar-refractivity contribution in [2.45, 2.75) is 64.3 Å². The van der Waals surface area contributed by atoms with Gasteiger partial charge in [-0.3, -0.25) is 9.69 Å². The molecule has 4 nitrogen and oxygen atoms in total. The number of likely N-dealkylation sites (tertiary alicyclic amines) is 1. The molecule has 0 aromatic rings. The van der Waals surface area contributed by atoms with Crippen LogP contribution in [0.15, 0.2) is 0 Å². The molecular weight excluding hydrogens is 286 g/mol. The Balaban J connectivity index is 1.65. The van der Waals surface area contributed by atoms with Gasteiger partial charge in [-0.05, 0) is 84.6 Å².